The molecule has 0 spiro atoms. The fourth-order valence-corrected chi connectivity index (χ4v) is 6.05. The maximum absolute atomic E-state index is 12.5. The van der Waals surface area contributed by atoms with Crippen molar-refractivity contribution in [1.82, 2.24) is 16.0 Å². The summed E-state index contributed by atoms with van der Waals surface area (Å²) in [4.78, 5) is 70.7. The van der Waals surface area contributed by atoms with Crippen molar-refractivity contribution in [1.29, 1.82) is 0 Å². The highest BCUT2D eigenvalue weighted by Gasteiger charge is 2.57. The van der Waals surface area contributed by atoms with Gasteiger partial charge in [-0.05, 0) is 31.4 Å². The molecular weight excluding hydrogens is 768 g/mol. The molecule has 0 bridgehead atoms. The number of hydrogen-bond donors (Lipinski definition) is 10. The number of carboxylic acids is 1. The van der Waals surface area contributed by atoms with Gasteiger partial charge in [0.1, 0.15) is 48.4 Å². The first-order valence-electron chi connectivity index (χ1n) is 18.0. The highest BCUT2D eigenvalue weighted by atomic mass is 16.7. The Morgan fingerprint density at radius 1 is 0.965 bits per heavy atom. The Hall–Kier alpha value is -4.43. The highest BCUT2D eigenvalue weighted by Crippen LogP contribution is 2.35. The molecule has 10 N–H and O–H groups in total. The van der Waals surface area contributed by atoms with Crippen molar-refractivity contribution in [3.63, 3.8) is 0 Å². The number of nitrogens with one attached hydrogen (secondary N) is 3. The van der Waals surface area contributed by atoms with Crippen molar-refractivity contribution < 1.29 is 88.3 Å². The molecule has 0 aromatic heterocycles. The second-order valence-corrected chi connectivity index (χ2v) is 13.4. The minimum absolute atomic E-state index is 0.00525. The second kappa shape index (κ2) is 21.9. The fourth-order valence-electron chi connectivity index (χ4n) is 6.05. The standard InChI is InChI=1S/C34H50N4O19/c1-17(40)36-26-21(42)14-34(33(49)50,57-31(26)28(46)22(43)15-39)54-16-23-29(47)30(48)27(37-18(2)41)32(56-23)53-13-5-12-35-24(44)6-3-4-7-25(45)55-20-10-8-19(9-11-20)38(51)52/h8-11,21-23,26-32,39,42-43,46-48H,3-7,12-16H2,1-2H3,(H,35,44)(H,36,40)(H,37,41)(H,49,50)/t21-,22+,23+,26+,27+,28+,29-,30+,31+,32-,34+/m0/s1. The molecule has 2 saturated heterocycles. The lowest BCUT2D eigenvalue weighted by Crippen LogP contribution is -2.69. The number of unbranched alkanes of at least 4 members (excludes halogenated alkanes) is 1. The molecule has 2 heterocycles. The summed E-state index contributed by atoms with van der Waals surface area (Å²) in [5, 5.41) is 90.9. The predicted octanol–water partition coefficient (Wildman–Crippen LogP) is -3.30. The van der Waals surface area contributed by atoms with E-state index in [0.29, 0.717) is 12.8 Å². The van der Waals surface area contributed by atoms with Crippen molar-refractivity contribution in [3.8, 4) is 5.75 Å². The predicted molar refractivity (Wildman–Crippen MR) is 188 cm³/mol. The Morgan fingerprint density at radius 3 is 2.19 bits per heavy atom. The minimum atomic E-state index is -2.77. The largest absolute Gasteiger partial charge is 0.477 e. The number of nitro benzene ring substituents is 1. The lowest BCUT2D eigenvalue weighted by molar-refractivity contribution is -0.384. The van der Waals surface area contributed by atoms with Gasteiger partial charge in [-0.2, -0.15) is 0 Å². The van der Waals surface area contributed by atoms with Crippen LogP contribution in [0.15, 0.2) is 24.3 Å². The molecule has 3 rings (SSSR count). The summed E-state index contributed by atoms with van der Waals surface area (Å²) in [6.07, 6.45) is -13.9. The van der Waals surface area contributed by atoms with Gasteiger partial charge < -0.3 is 75.4 Å². The number of carbonyl (C=O) groups excluding carboxylic acids is 4. The van der Waals surface area contributed by atoms with E-state index in [2.05, 4.69) is 16.0 Å². The third kappa shape index (κ3) is 13.6. The van der Waals surface area contributed by atoms with Crippen molar-refractivity contribution in [2.24, 2.45) is 0 Å². The summed E-state index contributed by atoms with van der Waals surface area (Å²) in [7, 11) is 0. The molecule has 1 aromatic rings. The Labute approximate surface area is 325 Å². The van der Waals surface area contributed by atoms with Gasteiger partial charge in [0, 0.05) is 51.8 Å². The summed E-state index contributed by atoms with van der Waals surface area (Å²) in [5.74, 6) is -6.67. The Balaban J connectivity index is 1.53. The first kappa shape index (κ1) is 46.9. The number of nitrogens with zero attached hydrogens (tertiary/aromatic N) is 1. The monoisotopic (exact) mass is 818 g/mol. The molecule has 320 valence electrons. The van der Waals surface area contributed by atoms with Crippen LogP contribution in [0.4, 0.5) is 5.69 Å². The van der Waals surface area contributed by atoms with Gasteiger partial charge in [-0.3, -0.25) is 29.3 Å². The maximum atomic E-state index is 12.5. The molecule has 2 fully saturated rings. The van der Waals surface area contributed by atoms with E-state index >= 15 is 0 Å². The number of hydrogen-bond acceptors (Lipinski definition) is 18. The van der Waals surface area contributed by atoms with Crippen molar-refractivity contribution in [2.45, 2.75) is 119 Å². The van der Waals surface area contributed by atoms with E-state index in [1.165, 1.54) is 24.3 Å². The van der Waals surface area contributed by atoms with Crippen LogP contribution in [0.5, 0.6) is 5.75 Å². The quantitative estimate of drug-likeness (QED) is 0.0191. The van der Waals surface area contributed by atoms with Gasteiger partial charge in [-0.25, -0.2) is 4.79 Å². The number of ether oxygens (including phenoxy) is 5. The summed E-state index contributed by atoms with van der Waals surface area (Å²) in [5.41, 5.74) is -0.152. The smallest absolute Gasteiger partial charge is 0.364 e. The van der Waals surface area contributed by atoms with E-state index in [4.69, 9.17) is 23.7 Å². The molecule has 3 amide bonds. The molecule has 2 aliphatic heterocycles. The maximum Gasteiger partial charge on any atom is 0.364 e. The lowest BCUT2D eigenvalue weighted by Gasteiger charge is -2.47. The number of aliphatic hydroxyl groups excluding tert-OH is 6. The van der Waals surface area contributed by atoms with E-state index in [1.54, 1.807) is 0 Å². The van der Waals surface area contributed by atoms with Gasteiger partial charge in [0.25, 0.3) is 11.5 Å². The third-order valence-electron chi connectivity index (χ3n) is 8.98. The van der Waals surface area contributed by atoms with E-state index < -0.39 is 115 Å². The number of non-ortho nitro benzene ring substituents is 1. The summed E-state index contributed by atoms with van der Waals surface area (Å²) < 4.78 is 27.7. The second-order valence-electron chi connectivity index (χ2n) is 13.4. The number of esters is 1. The minimum Gasteiger partial charge on any atom is -0.477 e. The van der Waals surface area contributed by atoms with Gasteiger partial charge in [-0.15, -0.1) is 0 Å². The lowest BCUT2D eigenvalue weighted by atomic mass is 9.88. The molecule has 0 aliphatic carbocycles. The van der Waals surface area contributed by atoms with Crippen molar-refractivity contribution in [2.75, 3.05) is 26.4 Å². The fraction of sp³-hybridized carbons (Fsp3) is 0.676. The number of nitro groups is 1. The van der Waals surface area contributed by atoms with Crippen LogP contribution in [0.2, 0.25) is 0 Å². The van der Waals surface area contributed by atoms with Crippen LogP contribution in [0.25, 0.3) is 0 Å². The SMILES string of the molecule is CC(=O)N[C@H]1[C@@H](OCCCNC(=O)CCCCC(=O)Oc2ccc([N+](=O)[O-])cc2)O[C@H](CO[C@]2(C(=O)O)C[C@H](O)[C@@H](NC(C)=O)[C@H]([C@H](O)[C@H](O)CO)O2)[C@H](O)[C@@H]1O. The average molecular weight is 819 g/mol. The average Bonchev–Trinajstić information content (AvgIpc) is 3.15. The molecule has 0 unspecified atom stereocenters. The first-order chi connectivity index (χ1) is 26.9. The molecule has 0 saturated carbocycles. The Bertz CT molecular complexity index is 1530. The number of aliphatic carboxylic acids is 1. The van der Waals surface area contributed by atoms with Crippen LogP contribution < -0.4 is 20.7 Å². The zero-order chi connectivity index (χ0) is 42.4. The molecule has 2 aliphatic rings. The summed E-state index contributed by atoms with van der Waals surface area (Å²) >= 11 is 0. The topological polar surface area (TPSA) is 352 Å². The van der Waals surface area contributed by atoms with Crippen molar-refractivity contribution in [3.05, 3.63) is 34.4 Å². The third-order valence-corrected chi connectivity index (χ3v) is 8.98. The normalized spacial score (nSPS) is 28.4. The van der Waals surface area contributed by atoms with Gasteiger partial charge >= 0.3 is 11.9 Å². The Morgan fingerprint density at radius 2 is 1.60 bits per heavy atom. The summed E-state index contributed by atoms with van der Waals surface area (Å²) in [6, 6.07) is 2.22. The number of benzene rings is 1. The zero-order valence-corrected chi connectivity index (χ0v) is 31.1. The molecule has 57 heavy (non-hydrogen) atoms. The zero-order valence-electron chi connectivity index (χ0n) is 31.1. The van der Waals surface area contributed by atoms with Crippen LogP contribution >= 0.6 is 0 Å². The molecule has 23 nitrogen and oxygen atoms in total. The summed E-state index contributed by atoms with van der Waals surface area (Å²) in [6.45, 7) is 0.380. The molecule has 11 atom stereocenters. The number of carbonyl (C=O) groups is 5. The van der Waals surface area contributed by atoms with Crippen molar-refractivity contribution >= 4 is 35.3 Å². The van der Waals surface area contributed by atoms with Gasteiger partial charge in [0.2, 0.25) is 17.7 Å². The number of carboxylic acid groups (broad SMARTS) is 1. The van der Waals surface area contributed by atoms with E-state index in [-0.39, 0.29) is 49.8 Å². The van der Waals surface area contributed by atoms with E-state index in [0.717, 1.165) is 13.8 Å². The van der Waals surface area contributed by atoms with E-state index in [9.17, 15) is 69.8 Å². The molecular formula is C34H50N4O19. The number of amides is 3. The van der Waals surface area contributed by atoms with Crippen LogP contribution in [0, 0.1) is 10.1 Å². The van der Waals surface area contributed by atoms with Gasteiger partial charge in [0.05, 0.1) is 36.9 Å². The Kier molecular flexibility index (Phi) is 18.1. The van der Waals surface area contributed by atoms with Crippen LogP contribution in [-0.2, 0) is 42.9 Å². The number of rotatable bonds is 21. The van der Waals surface area contributed by atoms with Crippen LogP contribution in [0.3, 0.4) is 0 Å². The first-order valence-corrected chi connectivity index (χ1v) is 18.0. The highest BCUT2D eigenvalue weighted by molar-refractivity contribution is 5.77. The van der Waals surface area contributed by atoms with Crippen LogP contribution in [0.1, 0.15) is 52.4 Å². The van der Waals surface area contributed by atoms with Gasteiger partial charge in [-0.1, -0.05) is 0 Å². The van der Waals surface area contributed by atoms with Crippen LogP contribution in [-0.4, -0.2) is 164 Å². The molecule has 23 heteroatoms. The molecule has 0 radical (unpaired) electrons. The van der Waals surface area contributed by atoms with Gasteiger partial charge in [0.15, 0.2) is 6.29 Å². The number of aliphatic hydroxyl groups is 6. The van der Waals surface area contributed by atoms with E-state index in [1.807, 2.05) is 0 Å². The molecule has 1 aromatic carbocycles.